The number of benzene rings is 2. The maximum Gasteiger partial charge on any atom is 0.417 e. The van der Waals surface area contributed by atoms with Crippen LogP contribution in [0.2, 0.25) is 10.0 Å². The normalized spacial score (nSPS) is 12.8. The van der Waals surface area contributed by atoms with Crippen molar-refractivity contribution in [2.45, 2.75) is 13.1 Å². The summed E-state index contributed by atoms with van der Waals surface area (Å²) in [6, 6.07) is 5.21. The number of rotatable bonds is 5. The van der Waals surface area contributed by atoms with Crippen LogP contribution < -0.4 is 9.46 Å². The van der Waals surface area contributed by atoms with Crippen LogP contribution in [-0.4, -0.2) is 14.7 Å². The van der Waals surface area contributed by atoms with E-state index >= 15 is 0 Å². The van der Waals surface area contributed by atoms with E-state index in [1.807, 2.05) is 0 Å². The zero-order chi connectivity index (χ0) is 21.3. The van der Waals surface area contributed by atoms with Gasteiger partial charge in [-0.25, -0.2) is 12.8 Å². The Kier molecular flexibility index (Phi) is 6.52. The Hall–Kier alpha value is -1.97. The third-order valence-electron chi connectivity index (χ3n) is 3.39. The van der Waals surface area contributed by atoms with Gasteiger partial charge in [-0.15, -0.1) is 0 Å². The standard InChI is InChI=1S/C17H13Cl2F4NO3S/c1-3-13(24-28(2,25)26)10-5-7-14(15(19)16(10)20)27-9-4-6-12(18)11(8-9)17(21,22)23/h3-8,24H,1-2H3. The molecular formula is C17H13Cl2F4NO3S. The number of hydrogen-bond donors (Lipinski definition) is 1. The van der Waals surface area contributed by atoms with Crippen molar-refractivity contribution in [2.75, 3.05) is 6.26 Å². The lowest BCUT2D eigenvalue weighted by atomic mass is 10.1. The zero-order valence-electron chi connectivity index (χ0n) is 14.4. The summed E-state index contributed by atoms with van der Waals surface area (Å²) in [5.74, 6) is -1.52. The number of hydrogen-bond acceptors (Lipinski definition) is 3. The van der Waals surface area contributed by atoms with Crippen LogP contribution in [0, 0.1) is 5.82 Å². The highest BCUT2D eigenvalue weighted by Crippen LogP contribution is 2.39. The molecule has 0 heterocycles. The van der Waals surface area contributed by atoms with E-state index in [9.17, 15) is 26.0 Å². The van der Waals surface area contributed by atoms with Crippen molar-refractivity contribution in [2.24, 2.45) is 0 Å². The topological polar surface area (TPSA) is 55.4 Å². The van der Waals surface area contributed by atoms with Crippen molar-refractivity contribution in [3.63, 3.8) is 0 Å². The van der Waals surface area contributed by atoms with Gasteiger partial charge in [0.1, 0.15) is 16.5 Å². The van der Waals surface area contributed by atoms with E-state index in [1.54, 1.807) is 0 Å². The quantitative estimate of drug-likeness (QED) is 0.572. The van der Waals surface area contributed by atoms with Crippen molar-refractivity contribution in [3.05, 3.63) is 63.4 Å². The van der Waals surface area contributed by atoms with Gasteiger partial charge in [0.15, 0.2) is 5.82 Å². The minimum absolute atomic E-state index is 0.0562. The first-order valence-corrected chi connectivity index (χ1v) is 10.1. The molecule has 2 rings (SSSR count). The highest BCUT2D eigenvalue weighted by Gasteiger charge is 2.33. The Labute approximate surface area is 168 Å². The molecule has 0 spiro atoms. The fraction of sp³-hybridized carbons (Fsp3) is 0.176. The molecule has 1 N–H and O–H groups in total. The summed E-state index contributed by atoms with van der Waals surface area (Å²) in [5.41, 5.74) is -1.33. The molecule has 0 aliphatic heterocycles. The largest absolute Gasteiger partial charge is 0.456 e. The fourth-order valence-corrected chi connectivity index (χ4v) is 3.26. The Morgan fingerprint density at radius 1 is 1.18 bits per heavy atom. The second kappa shape index (κ2) is 8.18. The van der Waals surface area contributed by atoms with E-state index in [0.717, 1.165) is 12.3 Å². The molecule has 0 bridgehead atoms. The Bertz CT molecular complexity index is 1040. The summed E-state index contributed by atoms with van der Waals surface area (Å²) in [7, 11) is -3.67. The zero-order valence-corrected chi connectivity index (χ0v) is 16.7. The van der Waals surface area contributed by atoms with E-state index in [0.29, 0.717) is 6.07 Å². The Morgan fingerprint density at radius 2 is 1.82 bits per heavy atom. The van der Waals surface area contributed by atoms with E-state index in [4.69, 9.17) is 27.9 Å². The van der Waals surface area contributed by atoms with Gasteiger partial charge in [-0.05, 0) is 37.3 Å². The second-order valence-corrected chi connectivity index (χ2v) is 8.09. The molecule has 0 aliphatic rings. The minimum Gasteiger partial charge on any atom is -0.456 e. The van der Waals surface area contributed by atoms with Gasteiger partial charge in [-0.1, -0.05) is 29.3 Å². The molecule has 0 atom stereocenters. The van der Waals surface area contributed by atoms with Gasteiger partial charge >= 0.3 is 6.18 Å². The van der Waals surface area contributed by atoms with Crippen molar-refractivity contribution < 1.29 is 30.7 Å². The maximum absolute atomic E-state index is 14.6. The van der Waals surface area contributed by atoms with Gasteiger partial charge in [0, 0.05) is 5.56 Å². The van der Waals surface area contributed by atoms with Crippen LogP contribution in [0.4, 0.5) is 17.6 Å². The van der Waals surface area contributed by atoms with Crippen LogP contribution in [-0.2, 0) is 16.2 Å². The molecule has 0 aromatic heterocycles. The molecule has 152 valence electrons. The van der Waals surface area contributed by atoms with Crippen LogP contribution in [0.5, 0.6) is 11.5 Å². The average Bonchev–Trinajstić information content (AvgIpc) is 2.57. The number of sulfonamides is 1. The van der Waals surface area contributed by atoms with Gasteiger partial charge < -0.3 is 4.74 Å². The van der Waals surface area contributed by atoms with Crippen molar-refractivity contribution in [3.8, 4) is 11.5 Å². The van der Waals surface area contributed by atoms with Crippen molar-refractivity contribution in [1.29, 1.82) is 0 Å². The number of ether oxygens (including phenoxy) is 1. The molecule has 0 fully saturated rings. The number of allylic oxidation sites excluding steroid dienone is 1. The van der Waals surface area contributed by atoms with Gasteiger partial charge in [0.05, 0.1) is 22.5 Å². The molecular weight excluding hydrogens is 445 g/mol. The summed E-state index contributed by atoms with van der Waals surface area (Å²) >= 11 is 11.5. The summed E-state index contributed by atoms with van der Waals surface area (Å²) in [4.78, 5) is 0. The molecule has 0 amide bonds. The lowest BCUT2D eigenvalue weighted by Gasteiger charge is -2.15. The first-order chi connectivity index (χ1) is 12.8. The maximum atomic E-state index is 14.6. The molecule has 4 nitrogen and oxygen atoms in total. The number of nitrogens with one attached hydrogen (secondary N) is 1. The molecule has 2 aromatic rings. The van der Waals surface area contributed by atoms with E-state index in [-0.39, 0.29) is 22.8 Å². The number of alkyl halides is 3. The SMILES string of the molecule is CC=C(NS(C)(=O)=O)c1ccc(Oc2ccc(Cl)c(C(F)(F)F)c2)c(Cl)c1F. The smallest absolute Gasteiger partial charge is 0.417 e. The molecule has 28 heavy (non-hydrogen) atoms. The van der Waals surface area contributed by atoms with Gasteiger partial charge in [0.2, 0.25) is 10.0 Å². The summed E-state index contributed by atoms with van der Waals surface area (Å²) < 4.78 is 83.6. The molecule has 0 aliphatic carbocycles. The predicted molar refractivity (Wildman–Crippen MR) is 99.6 cm³/mol. The van der Waals surface area contributed by atoms with Crippen LogP contribution >= 0.6 is 23.2 Å². The third kappa shape index (κ3) is 5.30. The van der Waals surface area contributed by atoms with Crippen LogP contribution in [0.15, 0.2) is 36.4 Å². The monoisotopic (exact) mass is 457 g/mol. The van der Waals surface area contributed by atoms with Crippen LogP contribution in [0.1, 0.15) is 18.1 Å². The average molecular weight is 458 g/mol. The second-order valence-electron chi connectivity index (χ2n) is 5.56. The lowest BCUT2D eigenvalue weighted by molar-refractivity contribution is -0.137. The Morgan fingerprint density at radius 3 is 2.36 bits per heavy atom. The molecule has 0 saturated carbocycles. The third-order valence-corrected chi connectivity index (χ3v) is 4.66. The van der Waals surface area contributed by atoms with E-state index in [2.05, 4.69) is 4.72 Å². The highest BCUT2D eigenvalue weighted by atomic mass is 35.5. The Balaban J connectivity index is 2.41. The summed E-state index contributed by atoms with van der Waals surface area (Å²) in [6.45, 7) is 1.48. The van der Waals surface area contributed by atoms with E-state index < -0.39 is 37.6 Å². The first kappa shape index (κ1) is 22.3. The minimum atomic E-state index is -4.70. The fourth-order valence-electron chi connectivity index (χ4n) is 2.20. The molecule has 0 saturated heterocycles. The first-order valence-electron chi connectivity index (χ1n) is 7.50. The van der Waals surface area contributed by atoms with Gasteiger partial charge in [-0.3, -0.25) is 4.72 Å². The molecule has 11 heteroatoms. The number of halogens is 6. The van der Waals surface area contributed by atoms with Gasteiger partial charge in [-0.2, -0.15) is 13.2 Å². The highest BCUT2D eigenvalue weighted by molar-refractivity contribution is 7.89. The summed E-state index contributed by atoms with van der Waals surface area (Å²) in [5, 5.41) is -1.05. The molecule has 0 unspecified atom stereocenters. The summed E-state index contributed by atoms with van der Waals surface area (Å²) in [6.07, 6.45) is -2.48. The molecule has 0 radical (unpaired) electrons. The van der Waals surface area contributed by atoms with Crippen LogP contribution in [0.25, 0.3) is 5.70 Å². The van der Waals surface area contributed by atoms with Crippen LogP contribution in [0.3, 0.4) is 0 Å². The predicted octanol–water partition coefficient (Wildman–Crippen LogP) is 5.85. The van der Waals surface area contributed by atoms with E-state index in [1.165, 1.54) is 31.2 Å². The van der Waals surface area contributed by atoms with Gasteiger partial charge in [0.25, 0.3) is 0 Å². The lowest BCUT2D eigenvalue weighted by Crippen LogP contribution is -2.21. The van der Waals surface area contributed by atoms with Crippen molar-refractivity contribution >= 4 is 38.9 Å². The van der Waals surface area contributed by atoms with Crippen molar-refractivity contribution in [1.82, 2.24) is 4.72 Å². The molecule has 2 aromatic carbocycles.